The Morgan fingerprint density at radius 1 is 1.42 bits per heavy atom. The number of sulfonamides is 1. The van der Waals surface area contributed by atoms with Gasteiger partial charge in [0.05, 0.1) is 11.9 Å². The molecular weight excluding hydrogens is 288 g/mol. The summed E-state index contributed by atoms with van der Waals surface area (Å²) in [5.41, 5.74) is 1.14. The van der Waals surface area contributed by atoms with Crippen LogP contribution in [0.2, 0.25) is 5.02 Å². The summed E-state index contributed by atoms with van der Waals surface area (Å²) in [5, 5.41) is 2.86. The number of aryl methyl sites for hydroxylation is 1. The van der Waals surface area contributed by atoms with Crippen LogP contribution in [0.15, 0.2) is 18.2 Å². The Bertz CT molecular complexity index is 587. The second-order valence-electron chi connectivity index (χ2n) is 4.28. The number of nitrogens with one attached hydrogen (secondary N) is 1. The Morgan fingerprint density at radius 3 is 2.47 bits per heavy atom. The SMILES string of the molecule is CNC(=O)[C@H](C)N(c1cc(Cl)ccc1C)S(C)(=O)=O. The molecule has 0 unspecified atom stereocenters. The molecule has 5 nitrogen and oxygen atoms in total. The number of halogens is 1. The monoisotopic (exact) mass is 304 g/mol. The fraction of sp³-hybridized carbons (Fsp3) is 0.417. The zero-order chi connectivity index (χ0) is 14.8. The van der Waals surface area contributed by atoms with Crippen molar-refractivity contribution in [3.8, 4) is 0 Å². The van der Waals surface area contributed by atoms with Gasteiger partial charge in [0.2, 0.25) is 15.9 Å². The molecular formula is C12H17ClN2O3S. The maximum absolute atomic E-state index is 12.0. The summed E-state index contributed by atoms with van der Waals surface area (Å²) in [5.74, 6) is -0.384. The van der Waals surface area contributed by atoms with Crippen LogP contribution in [-0.4, -0.2) is 33.7 Å². The van der Waals surface area contributed by atoms with Crippen LogP contribution >= 0.6 is 11.6 Å². The van der Waals surface area contributed by atoms with Crippen LogP contribution in [0.1, 0.15) is 12.5 Å². The molecule has 7 heteroatoms. The Hall–Kier alpha value is -1.27. The first kappa shape index (κ1) is 15.8. The van der Waals surface area contributed by atoms with Crippen molar-refractivity contribution in [2.24, 2.45) is 0 Å². The van der Waals surface area contributed by atoms with E-state index < -0.39 is 16.1 Å². The summed E-state index contributed by atoms with van der Waals surface area (Å²) in [7, 11) is -2.14. The van der Waals surface area contributed by atoms with Crippen LogP contribution < -0.4 is 9.62 Å². The van der Waals surface area contributed by atoms with Crippen LogP contribution in [0.4, 0.5) is 5.69 Å². The second-order valence-corrected chi connectivity index (χ2v) is 6.58. The van der Waals surface area contributed by atoms with Crippen LogP contribution in [-0.2, 0) is 14.8 Å². The molecule has 1 rings (SSSR count). The summed E-state index contributed by atoms with van der Waals surface area (Å²) in [6.45, 7) is 3.29. The fourth-order valence-corrected chi connectivity index (χ4v) is 3.20. The van der Waals surface area contributed by atoms with E-state index in [-0.39, 0.29) is 5.91 Å². The first-order valence-corrected chi connectivity index (χ1v) is 7.88. The molecule has 1 aromatic carbocycles. The van der Waals surface area contributed by atoms with Gasteiger partial charge in [-0.15, -0.1) is 0 Å². The molecule has 0 heterocycles. The number of benzene rings is 1. The van der Waals surface area contributed by atoms with Gasteiger partial charge in [-0.3, -0.25) is 9.10 Å². The molecule has 0 saturated carbocycles. The average Bonchev–Trinajstić information content (AvgIpc) is 2.31. The van der Waals surface area contributed by atoms with Gasteiger partial charge in [-0.25, -0.2) is 8.42 Å². The molecule has 0 aromatic heterocycles. The predicted octanol–water partition coefficient (Wildman–Crippen LogP) is 1.55. The first-order valence-electron chi connectivity index (χ1n) is 5.65. The highest BCUT2D eigenvalue weighted by atomic mass is 35.5. The topological polar surface area (TPSA) is 66.5 Å². The van der Waals surface area contributed by atoms with Crippen molar-refractivity contribution in [3.05, 3.63) is 28.8 Å². The minimum atomic E-state index is -3.60. The first-order chi connectivity index (χ1) is 8.68. The molecule has 0 aliphatic heterocycles. The summed E-state index contributed by atoms with van der Waals surface area (Å²) < 4.78 is 25.0. The van der Waals surface area contributed by atoms with Crippen molar-refractivity contribution in [3.63, 3.8) is 0 Å². The van der Waals surface area contributed by atoms with Gasteiger partial charge >= 0.3 is 0 Å². The maximum atomic E-state index is 12.0. The second kappa shape index (κ2) is 5.79. The molecule has 19 heavy (non-hydrogen) atoms. The molecule has 0 fully saturated rings. The molecule has 1 N–H and O–H groups in total. The summed E-state index contributed by atoms with van der Waals surface area (Å²) in [6.07, 6.45) is 1.06. The predicted molar refractivity (Wildman–Crippen MR) is 77.0 cm³/mol. The summed E-state index contributed by atoms with van der Waals surface area (Å²) in [6, 6.07) is 4.08. The smallest absolute Gasteiger partial charge is 0.243 e. The number of anilines is 1. The molecule has 0 aliphatic rings. The molecule has 0 spiro atoms. The Balaban J connectivity index is 3.41. The van der Waals surface area contributed by atoms with Gasteiger partial charge in [0.25, 0.3) is 0 Å². The summed E-state index contributed by atoms with van der Waals surface area (Å²) in [4.78, 5) is 11.7. The number of carbonyl (C=O) groups is 1. The molecule has 0 saturated heterocycles. The zero-order valence-electron chi connectivity index (χ0n) is 11.3. The lowest BCUT2D eigenvalue weighted by Gasteiger charge is -2.29. The van der Waals surface area contributed by atoms with Crippen molar-refractivity contribution in [2.45, 2.75) is 19.9 Å². The molecule has 1 atom stereocenters. The third-order valence-electron chi connectivity index (χ3n) is 2.74. The third kappa shape index (κ3) is 3.61. The summed E-state index contributed by atoms with van der Waals surface area (Å²) >= 11 is 5.91. The van der Waals surface area contributed by atoms with Gasteiger partial charge in [0, 0.05) is 12.1 Å². The third-order valence-corrected chi connectivity index (χ3v) is 4.21. The minimum absolute atomic E-state index is 0.384. The number of carbonyl (C=O) groups excluding carboxylic acids is 1. The highest BCUT2D eigenvalue weighted by molar-refractivity contribution is 7.92. The Morgan fingerprint density at radius 2 is 2.00 bits per heavy atom. The van der Waals surface area contributed by atoms with Gasteiger partial charge in [-0.05, 0) is 31.5 Å². The van der Waals surface area contributed by atoms with Crippen molar-refractivity contribution >= 4 is 33.2 Å². The maximum Gasteiger partial charge on any atom is 0.243 e. The number of likely N-dealkylation sites (N-methyl/N-ethyl adjacent to an activating group) is 1. The van der Waals surface area contributed by atoms with Crippen LogP contribution in [0.3, 0.4) is 0 Å². The van der Waals surface area contributed by atoms with Gasteiger partial charge in [0.15, 0.2) is 0 Å². The van der Waals surface area contributed by atoms with Crippen molar-refractivity contribution in [2.75, 3.05) is 17.6 Å². The van der Waals surface area contributed by atoms with Gasteiger partial charge < -0.3 is 5.32 Å². The fourth-order valence-electron chi connectivity index (χ4n) is 1.81. The normalized spacial score (nSPS) is 12.9. The zero-order valence-corrected chi connectivity index (χ0v) is 12.8. The van der Waals surface area contributed by atoms with E-state index in [1.807, 2.05) is 0 Å². The van der Waals surface area contributed by atoms with Gasteiger partial charge in [-0.2, -0.15) is 0 Å². The van der Waals surface area contributed by atoms with Crippen molar-refractivity contribution in [1.29, 1.82) is 0 Å². The van der Waals surface area contributed by atoms with Gasteiger partial charge in [0.1, 0.15) is 6.04 Å². The molecule has 0 radical (unpaired) electrons. The number of nitrogens with zero attached hydrogens (tertiary/aromatic N) is 1. The largest absolute Gasteiger partial charge is 0.357 e. The Labute approximate surface area is 118 Å². The lowest BCUT2D eigenvalue weighted by Crippen LogP contribution is -2.47. The molecule has 0 aliphatic carbocycles. The van der Waals surface area contributed by atoms with E-state index in [0.29, 0.717) is 10.7 Å². The number of amides is 1. The lowest BCUT2D eigenvalue weighted by atomic mass is 10.2. The number of hydrogen-bond acceptors (Lipinski definition) is 3. The van der Waals surface area contributed by atoms with Crippen molar-refractivity contribution < 1.29 is 13.2 Å². The standard InChI is InChI=1S/C12H17ClN2O3S/c1-8-5-6-10(13)7-11(8)15(19(4,17)18)9(2)12(16)14-3/h5-7,9H,1-4H3,(H,14,16)/t9-/m0/s1. The van der Waals surface area contributed by atoms with E-state index in [2.05, 4.69) is 5.32 Å². The van der Waals surface area contributed by atoms with Crippen LogP contribution in [0.25, 0.3) is 0 Å². The van der Waals surface area contributed by atoms with E-state index in [4.69, 9.17) is 11.6 Å². The highest BCUT2D eigenvalue weighted by Crippen LogP contribution is 2.28. The van der Waals surface area contributed by atoms with E-state index >= 15 is 0 Å². The van der Waals surface area contributed by atoms with E-state index in [1.54, 1.807) is 19.1 Å². The van der Waals surface area contributed by atoms with Gasteiger partial charge in [-0.1, -0.05) is 17.7 Å². The minimum Gasteiger partial charge on any atom is -0.357 e. The Kier molecular flexibility index (Phi) is 4.81. The number of hydrogen-bond donors (Lipinski definition) is 1. The van der Waals surface area contributed by atoms with E-state index in [9.17, 15) is 13.2 Å². The molecule has 1 amide bonds. The molecule has 1 aromatic rings. The van der Waals surface area contributed by atoms with E-state index in [1.165, 1.54) is 20.0 Å². The molecule has 106 valence electrons. The van der Waals surface area contributed by atoms with Crippen molar-refractivity contribution in [1.82, 2.24) is 5.32 Å². The molecule has 0 bridgehead atoms. The lowest BCUT2D eigenvalue weighted by molar-refractivity contribution is -0.121. The van der Waals surface area contributed by atoms with Crippen LogP contribution in [0, 0.1) is 6.92 Å². The highest BCUT2D eigenvalue weighted by Gasteiger charge is 2.29. The quantitative estimate of drug-likeness (QED) is 0.918. The van der Waals surface area contributed by atoms with Crippen LogP contribution in [0.5, 0.6) is 0 Å². The average molecular weight is 305 g/mol. The van der Waals surface area contributed by atoms with E-state index in [0.717, 1.165) is 16.1 Å². The number of rotatable bonds is 4.